The van der Waals surface area contributed by atoms with Gasteiger partial charge in [-0.3, -0.25) is 14.3 Å². The van der Waals surface area contributed by atoms with Gasteiger partial charge in [0.1, 0.15) is 5.65 Å². The number of aromatic nitrogens is 3. The summed E-state index contributed by atoms with van der Waals surface area (Å²) in [6.45, 7) is 9.34. The molecule has 0 atom stereocenters. The largest absolute Gasteiger partial charge is 0.379 e. The number of rotatable bonds is 8. The van der Waals surface area contributed by atoms with E-state index in [0.717, 1.165) is 80.4 Å². The first-order valence-electron chi connectivity index (χ1n) is 15.4. The summed E-state index contributed by atoms with van der Waals surface area (Å²) in [6, 6.07) is 10.8. The van der Waals surface area contributed by atoms with Gasteiger partial charge in [0.25, 0.3) is 5.56 Å². The molecule has 40 heavy (non-hydrogen) atoms. The van der Waals surface area contributed by atoms with Gasteiger partial charge in [0.2, 0.25) is 5.95 Å². The Kier molecular flexibility index (Phi) is 8.63. The van der Waals surface area contributed by atoms with E-state index in [9.17, 15) is 4.79 Å². The van der Waals surface area contributed by atoms with E-state index in [1.807, 2.05) is 23.8 Å². The van der Waals surface area contributed by atoms with Crippen molar-refractivity contribution in [1.82, 2.24) is 19.4 Å². The number of nitrogens with zero attached hydrogens (tertiary/aromatic N) is 5. The number of fused-ring (bicyclic) bond motifs is 1. The number of nitrogens with one attached hydrogen (secondary N) is 1. The first kappa shape index (κ1) is 27.2. The maximum absolute atomic E-state index is 13.1. The molecule has 0 spiro atoms. The van der Waals surface area contributed by atoms with E-state index in [2.05, 4.69) is 44.4 Å². The zero-order valence-corrected chi connectivity index (χ0v) is 24.0. The molecular weight excluding hydrogens is 500 g/mol. The number of hydrogen-bond donors (Lipinski definition) is 1. The second kappa shape index (κ2) is 12.7. The lowest BCUT2D eigenvalue weighted by molar-refractivity contribution is 0.0365. The lowest BCUT2D eigenvalue weighted by Gasteiger charge is -2.34. The molecule has 1 N–H and O–H groups in total. The number of aryl methyl sites for hydroxylation is 1. The van der Waals surface area contributed by atoms with Crippen molar-refractivity contribution in [3.63, 3.8) is 0 Å². The smallest absolute Gasteiger partial charge is 0.255 e. The fourth-order valence-corrected chi connectivity index (χ4v) is 6.79. The third kappa shape index (κ3) is 6.33. The van der Waals surface area contributed by atoms with Crippen LogP contribution in [0, 0.1) is 12.8 Å². The molecule has 1 aromatic carbocycles. The van der Waals surface area contributed by atoms with Gasteiger partial charge in [-0.2, -0.15) is 4.98 Å². The highest BCUT2D eigenvalue weighted by Gasteiger charge is 2.22. The number of pyridine rings is 1. The van der Waals surface area contributed by atoms with E-state index < -0.39 is 0 Å². The highest BCUT2D eigenvalue weighted by Crippen LogP contribution is 2.30. The van der Waals surface area contributed by atoms with Crippen LogP contribution < -0.4 is 15.8 Å². The van der Waals surface area contributed by atoms with Crippen molar-refractivity contribution >= 4 is 28.4 Å². The third-order valence-electron chi connectivity index (χ3n) is 9.19. The molecule has 0 unspecified atom stereocenters. The molecule has 1 aliphatic carbocycles. The van der Waals surface area contributed by atoms with Crippen LogP contribution >= 0.6 is 0 Å². The molecule has 8 nitrogen and oxygen atoms in total. The molecule has 0 amide bonds. The summed E-state index contributed by atoms with van der Waals surface area (Å²) in [7, 11) is 0. The first-order chi connectivity index (χ1) is 19.6. The highest BCUT2D eigenvalue weighted by molar-refractivity contribution is 5.76. The van der Waals surface area contributed by atoms with Crippen LogP contribution in [0.15, 0.2) is 41.3 Å². The molecule has 8 heteroatoms. The molecule has 2 aliphatic heterocycles. The Morgan fingerprint density at radius 3 is 2.48 bits per heavy atom. The average Bonchev–Trinajstić information content (AvgIpc) is 3.00. The van der Waals surface area contributed by atoms with Gasteiger partial charge >= 0.3 is 0 Å². The standard InChI is InChI=1S/C32H44N6O2/c1-24-22-26-23-33-32(35-30(26)38(31(24)39)29-7-3-2-4-8-29)34-27-9-11-28(12-10-27)37-16-13-25(14-17-37)6-5-15-36-18-20-40-21-19-36/h9-12,22-23,25,29H,2-8,13-21H2,1H3,(H,33,34,35). The number of benzene rings is 1. The molecule has 0 bridgehead atoms. The molecule has 6 rings (SSSR count). The number of piperidine rings is 1. The maximum atomic E-state index is 13.1. The van der Waals surface area contributed by atoms with Crippen LogP contribution in [0.25, 0.3) is 11.0 Å². The van der Waals surface area contributed by atoms with Gasteiger partial charge in [0.15, 0.2) is 0 Å². The topological polar surface area (TPSA) is 75.5 Å². The Labute approximate surface area is 237 Å². The number of morpholine rings is 1. The third-order valence-corrected chi connectivity index (χ3v) is 9.19. The molecule has 2 saturated heterocycles. The summed E-state index contributed by atoms with van der Waals surface area (Å²) in [5.41, 5.74) is 3.81. The zero-order valence-electron chi connectivity index (χ0n) is 24.0. The second-order valence-electron chi connectivity index (χ2n) is 12.0. The van der Waals surface area contributed by atoms with Crippen molar-refractivity contribution in [3.8, 4) is 0 Å². The molecule has 3 fully saturated rings. The maximum Gasteiger partial charge on any atom is 0.255 e. The Bertz CT molecular complexity index is 1320. The monoisotopic (exact) mass is 544 g/mol. The molecule has 0 radical (unpaired) electrons. The predicted molar refractivity (Wildman–Crippen MR) is 162 cm³/mol. The molecular formula is C32H44N6O2. The molecule has 214 valence electrons. The number of hydrogen-bond acceptors (Lipinski definition) is 7. The Balaban J connectivity index is 1.06. The van der Waals surface area contributed by atoms with Crippen LogP contribution in [-0.4, -0.2) is 65.4 Å². The molecule has 3 aliphatic rings. The first-order valence-corrected chi connectivity index (χ1v) is 15.4. The van der Waals surface area contributed by atoms with Crippen molar-refractivity contribution in [1.29, 1.82) is 0 Å². The van der Waals surface area contributed by atoms with Crippen LogP contribution in [0.4, 0.5) is 17.3 Å². The average molecular weight is 545 g/mol. The van der Waals surface area contributed by atoms with Crippen molar-refractivity contribution in [2.45, 2.75) is 70.8 Å². The van der Waals surface area contributed by atoms with Crippen molar-refractivity contribution in [2.24, 2.45) is 5.92 Å². The normalized spacial score (nSPS) is 19.8. The lowest BCUT2D eigenvalue weighted by atomic mass is 9.92. The Hall–Kier alpha value is -2.97. The van der Waals surface area contributed by atoms with Gasteiger partial charge < -0.3 is 15.0 Å². The Morgan fingerprint density at radius 1 is 0.975 bits per heavy atom. The molecule has 2 aromatic heterocycles. The van der Waals surface area contributed by atoms with Crippen molar-refractivity contribution in [2.75, 3.05) is 56.2 Å². The highest BCUT2D eigenvalue weighted by atomic mass is 16.5. The SMILES string of the molecule is Cc1cc2cnc(Nc3ccc(N4CCC(CCCN5CCOCC5)CC4)cc3)nc2n(C2CCCCC2)c1=O. The summed E-state index contributed by atoms with van der Waals surface area (Å²) in [4.78, 5) is 27.6. The van der Waals surface area contributed by atoms with Gasteiger partial charge in [-0.15, -0.1) is 0 Å². The summed E-state index contributed by atoms with van der Waals surface area (Å²) >= 11 is 0. The second-order valence-corrected chi connectivity index (χ2v) is 12.0. The minimum atomic E-state index is 0.0780. The van der Waals surface area contributed by atoms with Gasteiger partial charge in [-0.1, -0.05) is 19.3 Å². The number of anilines is 3. The summed E-state index contributed by atoms with van der Waals surface area (Å²) in [5.74, 6) is 1.38. The fraction of sp³-hybridized carbons (Fsp3) is 0.594. The van der Waals surface area contributed by atoms with Crippen molar-refractivity contribution in [3.05, 3.63) is 52.4 Å². The fourth-order valence-electron chi connectivity index (χ4n) is 6.79. The van der Waals surface area contributed by atoms with Gasteiger partial charge in [0.05, 0.1) is 13.2 Å². The summed E-state index contributed by atoms with van der Waals surface area (Å²) in [5, 5.41) is 4.30. The predicted octanol–water partition coefficient (Wildman–Crippen LogP) is 5.68. The van der Waals surface area contributed by atoms with Gasteiger partial charge in [-0.05, 0) is 88.2 Å². The van der Waals surface area contributed by atoms with E-state index in [1.165, 1.54) is 57.2 Å². The van der Waals surface area contributed by atoms with E-state index in [1.54, 1.807) is 0 Å². The van der Waals surface area contributed by atoms with E-state index in [-0.39, 0.29) is 11.6 Å². The molecule has 3 aromatic rings. The molecule has 4 heterocycles. The summed E-state index contributed by atoms with van der Waals surface area (Å²) in [6.07, 6.45) is 12.7. The Morgan fingerprint density at radius 2 is 1.73 bits per heavy atom. The quantitative estimate of drug-likeness (QED) is 0.391. The van der Waals surface area contributed by atoms with E-state index in [0.29, 0.717) is 5.95 Å². The lowest BCUT2D eigenvalue weighted by Crippen LogP contribution is -2.37. The minimum Gasteiger partial charge on any atom is -0.379 e. The van der Waals surface area contributed by atoms with Crippen LogP contribution in [0.2, 0.25) is 0 Å². The van der Waals surface area contributed by atoms with Crippen LogP contribution in [0.5, 0.6) is 0 Å². The van der Waals surface area contributed by atoms with Gasteiger partial charge in [-0.25, -0.2) is 4.98 Å². The van der Waals surface area contributed by atoms with E-state index in [4.69, 9.17) is 9.72 Å². The minimum absolute atomic E-state index is 0.0780. The van der Waals surface area contributed by atoms with Gasteiger partial charge in [0, 0.05) is 60.7 Å². The van der Waals surface area contributed by atoms with Crippen molar-refractivity contribution < 1.29 is 4.74 Å². The van der Waals surface area contributed by atoms with Crippen LogP contribution in [0.1, 0.15) is 69.4 Å². The van der Waals surface area contributed by atoms with E-state index >= 15 is 0 Å². The summed E-state index contributed by atoms with van der Waals surface area (Å²) < 4.78 is 7.40. The van der Waals surface area contributed by atoms with Crippen LogP contribution in [0.3, 0.4) is 0 Å². The molecule has 1 saturated carbocycles. The number of ether oxygens (including phenoxy) is 1. The zero-order chi connectivity index (χ0) is 27.3. The van der Waals surface area contributed by atoms with Crippen LogP contribution in [-0.2, 0) is 4.74 Å².